The zero-order chi connectivity index (χ0) is 23.4. The lowest BCUT2D eigenvalue weighted by atomic mass is 10.0. The summed E-state index contributed by atoms with van der Waals surface area (Å²) < 4.78 is 28.3. The van der Waals surface area contributed by atoms with Gasteiger partial charge < -0.3 is 15.6 Å². The van der Waals surface area contributed by atoms with E-state index in [1.807, 2.05) is 78.8 Å². The minimum absolute atomic E-state index is 0.276. The van der Waals surface area contributed by atoms with Crippen molar-refractivity contribution in [2.45, 2.75) is 10.3 Å². The first-order valence-corrected chi connectivity index (χ1v) is 12.5. The zero-order valence-corrected chi connectivity index (χ0v) is 19.3. The number of aromatic nitrogens is 1. The monoisotopic (exact) mass is 466 g/mol. The first-order valence-electron chi connectivity index (χ1n) is 10.9. The van der Waals surface area contributed by atoms with E-state index in [1.165, 1.54) is 0 Å². The van der Waals surface area contributed by atoms with Gasteiger partial charge in [-0.1, -0.05) is 48.5 Å². The first kappa shape index (κ1) is 20.5. The zero-order valence-electron chi connectivity index (χ0n) is 18.4. The maximum absolute atomic E-state index is 14.2. The molecule has 34 heavy (non-hydrogen) atoms. The van der Waals surface area contributed by atoms with E-state index in [9.17, 15) is 8.42 Å². The molecule has 4 aromatic carbocycles. The second kappa shape index (κ2) is 7.46. The molecule has 1 aliphatic rings. The topological polar surface area (TPSA) is 91.5 Å². The van der Waals surface area contributed by atoms with Crippen LogP contribution in [0.2, 0.25) is 0 Å². The Balaban J connectivity index is 1.61. The lowest BCUT2D eigenvalue weighted by Gasteiger charge is -2.31. The molecule has 0 saturated carbocycles. The highest BCUT2D eigenvalue weighted by atomic mass is 32.2. The average Bonchev–Trinajstić information content (AvgIpc) is 3.46. The highest BCUT2D eigenvalue weighted by Crippen LogP contribution is 2.44. The van der Waals surface area contributed by atoms with Crippen LogP contribution in [0.3, 0.4) is 0 Å². The summed E-state index contributed by atoms with van der Waals surface area (Å²) >= 11 is 0. The maximum Gasteiger partial charge on any atom is 0.203 e. The number of hydrogen-bond acceptors (Lipinski definition) is 5. The van der Waals surface area contributed by atoms with E-state index < -0.39 is 15.2 Å². The molecular weight excluding hydrogens is 444 g/mol. The Labute approximate surface area is 197 Å². The van der Waals surface area contributed by atoms with Crippen molar-refractivity contribution in [1.82, 2.24) is 4.98 Å². The summed E-state index contributed by atoms with van der Waals surface area (Å²) in [4.78, 5) is 9.81. The van der Waals surface area contributed by atoms with Crippen LogP contribution in [0.25, 0.3) is 21.7 Å². The third kappa shape index (κ3) is 2.94. The van der Waals surface area contributed by atoms with Gasteiger partial charge in [-0.2, -0.15) is 0 Å². The van der Waals surface area contributed by atoms with Gasteiger partial charge in [-0.3, -0.25) is 0 Å². The van der Waals surface area contributed by atoms with E-state index in [0.29, 0.717) is 11.4 Å². The molecule has 3 N–H and O–H groups in total. The molecule has 1 aliphatic heterocycles. The molecule has 5 aromatic rings. The fraction of sp³-hybridized carbons (Fsp3) is 0.0741. The number of nitrogens with one attached hydrogen (secondary N) is 1. The second-order valence-electron chi connectivity index (χ2n) is 8.44. The Morgan fingerprint density at radius 1 is 0.882 bits per heavy atom. The molecule has 0 amide bonds. The maximum atomic E-state index is 14.2. The van der Waals surface area contributed by atoms with Crippen LogP contribution < -0.4 is 10.6 Å². The molecule has 7 heteroatoms. The number of rotatable bonds is 5. The van der Waals surface area contributed by atoms with Crippen molar-refractivity contribution in [2.24, 2.45) is 10.7 Å². The predicted octanol–water partition coefficient (Wildman–Crippen LogP) is 5.28. The van der Waals surface area contributed by atoms with Crippen molar-refractivity contribution < 1.29 is 8.42 Å². The molecule has 0 saturated heterocycles. The third-order valence-electron chi connectivity index (χ3n) is 6.50. The molecule has 1 unspecified atom stereocenters. The van der Waals surface area contributed by atoms with Crippen LogP contribution in [0.15, 0.2) is 101 Å². The standard InChI is InChI=1S/C27H22N4O2S/c1-31(24-14-13-23-25-20(24)10-5-11-21(25)26(28)30-23)27(34(32,33)17-7-3-2-4-8-17)19-9-6-12-22-18(19)15-16-29-22/h2-16,27,29H,1H3,(H2,28,30). The van der Waals surface area contributed by atoms with Crippen molar-refractivity contribution in [1.29, 1.82) is 0 Å². The van der Waals surface area contributed by atoms with Gasteiger partial charge >= 0.3 is 0 Å². The number of nitrogens with two attached hydrogens (primary N) is 1. The Kier molecular flexibility index (Phi) is 4.50. The second-order valence-corrected chi connectivity index (χ2v) is 10.4. The van der Waals surface area contributed by atoms with Crippen LogP contribution in [0.1, 0.15) is 16.5 Å². The molecule has 0 fully saturated rings. The van der Waals surface area contributed by atoms with Crippen molar-refractivity contribution >= 4 is 48.7 Å². The van der Waals surface area contributed by atoms with Gasteiger partial charge in [0.05, 0.1) is 10.6 Å². The number of fused-ring (bicyclic) bond motifs is 1. The fourth-order valence-corrected chi connectivity index (χ4v) is 6.82. The lowest BCUT2D eigenvalue weighted by Crippen LogP contribution is -2.31. The number of aromatic amines is 1. The van der Waals surface area contributed by atoms with Gasteiger partial charge in [0.25, 0.3) is 0 Å². The largest absolute Gasteiger partial charge is 0.383 e. The Morgan fingerprint density at radius 3 is 2.50 bits per heavy atom. The van der Waals surface area contributed by atoms with Crippen LogP contribution in [0.5, 0.6) is 0 Å². The summed E-state index contributed by atoms with van der Waals surface area (Å²) in [6, 6.07) is 26.0. The van der Waals surface area contributed by atoms with Crippen molar-refractivity contribution in [3.63, 3.8) is 0 Å². The summed E-state index contributed by atoms with van der Waals surface area (Å²) in [5.41, 5.74) is 10.2. The van der Waals surface area contributed by atoms with Crippen LogP contribution in [0, 0.1) is 0 Å². The number of aliphatic imine (C=N–C) groups is 1. The number of sulfone groups is 1. The van der Waals surface area contributed by atoms with Gasteiger partial charge in [0.2, 0.25) is 9.84 Å². The summed E-state index contributed by atoms with van der Waals surface area (Å²) in [7, 11) is -1.96. The number of benzene rings is 4. The molecule has 1 atom stereocenters. The van der Waals surface area contributed by atoms with Crippen LogP contribution in [0.4, 0.5) is 11.4 Å². The number of amidine groups is 1. The molecule has 0 aliphatic carbocycles. The highest BCUT2D eigenvalue weighted by molar-refractivity contribution is 7.91. The number of nitrogens with zero attached hydrogens (tertiary/aromatic N) is 2. The minimum atomic E-state index is -3.80. The molecule has 168 valence electrons. The average molecular weight is 467 g/mol. The molecule has 6 rings (SSSR count). The van der Waals surface area contributed by atoms with E-state index in [-0.39, 0.29) is 4.90 Å². The van der Waals surface area contributed by atoms with E-state index in [0.717, 1.165) is 38.6 Å². The molecule has 0 spiro atoms. The molecule has 0 bridgehead atoms. The first-order chi connectivity index (χ1) is 16.5. The SMILES string of the molecule is CN(c1ccc2c3c(cccc13)C(N)=N2)C(c1cccc2[nH]ccc12)S(=O)(=O)c1ccccc1. The number of hydrogen-bond donors (Lipinski definition) is 2. The molecule has 1 aromatic heterocycles. The minimum Gasteiger partial charge on any atom is -0.383 e. The van der Waals surface area contributed by atoms with E-state index in [1.54, 1.807) is 24.3 Å². The van der Waals surface area contributed by atoms with Crippen molar-refractivity contribution in [3.8, 4) is 0 Å². The Hall–Kier alpha value is -4.10. The van der Waals surface area contributed by atoms with Crippen molar-refractivity contribution in [2.75, 3.05) is 11.9 Å². The van der Waals surface area contributed by atoms with Gasteiger partial charge in [-0.15, -0.1) is 0 Å². The quantitative estimate of drug-likeness (QED) is 0.369. The summed E-state index contributed by atoms with van der Waals surface area (Å²) in [5.74, 6) is 0.478. The molecular formula is C27H22N4O2S. The Bertz CT molecular complexity index is 1710. The highest BCUT2D eigenvalue weighted by Gasteiger charge is 2.35. The third-order valence-corrected chi connectivity index (χ3v) is 8.59. The summed E-state index contributed by atoms with van der Waals surface area (Å²) in [5, 5.41) is 1.78. The van der Waals surface area contributed by atoms with E-state index >= 15 is 0 Å². The summed E-state index contributed by atoms with van der Waals surface area (Å²) in [6.07, 6.45) is 1.83. The molecule has 6 nitrogen and oxygen atoms in total. The van der Waals surface area contributed by atoms with Gasteiger partial charge in [0, 0.05) is 46.2 Å². The number of anilines is 1. The predicted molar refractivity (Wildman–Crippen MR) is 137 cm³/mol. The van der Waals surface area contributed by atoms with Gasteiger partial charge in [0.1, 0.15) is 5.84 Å². The van der Waals surface area contributed by atoms with Gasteiger partial charge in [-0.05, 0) is 42.0 Å². The summed E-state index contributed by atoms with van der Waals surface area (Å²) in [6.45, 7) is 0. The smallest absolute Gasteiger partial charge is 0.203 e. The van der Waals surface area contributed by atoms with Crippen molar-refractivity contribution in [3.05, 3.63) is 102 Å². The normalized spacial score (nSPS) is 13.9. The van der Waals surface area contributed by atoms with Crippen LogP contribution in [-0.4, -0.2) is 26.3 Å². The van der Waals surface area contributed by atoms with Crippen LogP contribution in [-0.2, 0) is 9.84 Å². The van der Waals surface area contributed by atoms with E-state index in [2.05, 4.69) is 9.98 Å². The van der Waals surface area contributed by atoms with Gasteiger partial charge in [-0.25, -0.2) is 13.4 Å². The molecule has 0 radical (unpaired) electrons. The van der Waals surface area contributed by atoms with E-state index in [4.69, 9.17) is 5.73 Å². The Morgan fingerprint density at radius 2 is 1.68 bits per heavy atom. The molecule has 2 heterocycles. The number of H-pyrrole nitrogens is 1. The lowest BCUT2D eigenvalue weighted by molar-refractivity contribution is 0.580. The van der Waals surface area contributed by atoms with Crippen LogP contribution >= 0.6 is 0 Å². The fourth-order valence-electron chi connectivity index (χ4n) is 4.95. The van der Waals surface area contributed by atoms with Gasteiger partial charge in [0.15, 0.2) is 5.37 Å².